The molecule has 0 aliphatic rings. The summed E-state index contributed by atoms with van der Waals surface area (Å²) < 4.78 is 1.52. The van der Waals surface area contributed by atoms with Gasteiger partial charge in [0.2, 0.25) is 0 Å². The minimum Gasteiger partial charge on any atom is -0.298 e. The molecule has 0 radical (unpaired) electrons. The van der Waals surface area contributed by atoms with E-state index in [-0.39, 0.29) is 0 Å². The van der Waals surface area contributed by atoms with Crippen molar-refractivity contribution >= 4 is 17.9 Å². The average Bonchev–Trinajstić information content (AvgIpc) is 2.65. The first-order chi connectivity index (χ1) is 9.02. The van der Waals surface area contributed by atoms with Gasteiger partial charge in [-0.05, 0) is 37.0 Å². The summed E-state index contributed by atoms with van der Waals surface area (Å²) in [6, 6.07) is 3.78. The molecule has 0 N–H and O–H groups in total. The van der Waals surface area contributed by atoms with E-state index in [4.69, 9.17) is 11.6 Å². The number of aromatic nitrogens is 3. The summed E-state index contributed by atoms with van der Waals surface area (Å²) in [5, 5.41) is 4.75. The van der Waals surface area contributed by atoms with Gasteiger partial charge in [0.1, 0.15) is 5.15 Å². The number of nitrogens with zero attached hydrogens (tertiary/aromatic N) is 3. The SMILES string of the molecule is Cc1ccnc(-n2nc(CC(C)C)c(C=O)c2Cl)c1. The Hall–Kier alpha value is -1.68. The van der Waals surface area contributed by atoms with Crippen LogP contribution in [0.2, 0.25) is 5.15 Å². The number of halogens is 1. The Morgan fingerprint density at radius 1 is 1.47 bits per heavy atom. The van der Waals surface area contributed by atoms with Crippen molar-refractivity contribution in [3.05, 3.63) is 40.3 Å². The standard InChI is InChI=1S/C14H16ClN3O/c1-9(2)6-12-11(8-19)14(15)18(17-12)13-7-10(3)4-5-16-13/h4-5,7-9H,6H2,1-3H3. The van der Waals surface area contributed by atoms with Crippen molar-refractivity contribution in [3.8, 4) is 5.82 Å². The van der Waals surface area contributed by atoms with Gasteiger partial charge in [-0.1, -0.05) is 25.4 Å². The Morgan fingerprint density at radius 3 is 2.79 bits per heavy atom. The summed E-state index contributed by atoms with van der Waals surface area (Å²) in [7, 11) is 0. The third-order valence-corrected chi connectivity index (χ3v) is 3.14. The van der Waals surface area contributed by atoms with E-state index in [9.17, 15) is 4.79 Å². The molecule has 0 bridgehead atoms. The Morgan fingerprint density at radius 2 is 2.21 bits per heavy atom. The monoisotopic (exact) mass is 277 g/mol. The molecule has 0 aromatic carbocycles. The highest BCUT2D eigenvalue weighted by Gasteiger charge is 2.18. The van der Waals surface area contributed by atoms with Gasteiger partial charge in [-0.15, -0.1) is 0 Å². The van der Waals surface area contributed by atoms with Crippen molar-refractivity contribution in [2.75, 3.05) is 0 Å². The Labute approximate surface area is 117 Å². The smallest absolute Gasteiger partial charge is 0.155 e. The molecule has 0 aliphatic carbocycles. The van der Waals surface area contributed by atoms with Crippen LogP contribution in [0.25, 0.3) is 5.82 Å². The molecule has 4 nitrogen and oxygen atoms in total. The van der Waals surface area contributed by atoms with E-state index in [0.29, 0.717) is 28.9 Å². The molecule has 2 aromatic heterocycles. The lowest BCUT2D eigenvalue weighted by atomic mass is 10.1. The van der Waals surface area contributed by atoms with Crippen LogP contribution in [0.3, 0.4) is 0 Å². The van der Waals surface area contributed by atoms with Crippen LogP contribution in [0.5, 0.6) is 0 Å². The molecule has 0 spiro atoms. The number of pyridine rings is 1. The zero-order valence-corrected chi connectivity index (χ0v) is 12.0. The average molecular weight is 278 g/mol. The maximum atomic E-state index is 11.2. The summed E-state index contributed by atoms with van der Waals surface area (Å²) in [4.78, 5) is 15.4. The van der Waals surface area contributed by atoms with Crippen molar-refractivity contribution in [1.29, 1.82) is 0 Å². The van der Waals surface area contributed by atoms with E-state index in [0.717, 1.165) is 17.5 Å². The highest BCUT2D eigenvalue weighted by atomic mass is 35.5. The van der Waals surface area contributed by atoms with Gasteiger partial charge in [0.05, 0.1) is 11.3 Å². The minimum atomic E-state index is 0.323. The second kappa shape index (κ2) is 5.53. The second-order valence-corrected chi connectivity index (χ2v) is 5.33. The summed E-state index contributed by atoms with van der Waals surface area (Å²) in [5.74, 6) is 1.03. The summed E-state index contributed by atoms with van der Waals surface area (Å²) in [5.41, 5.74) is 2.24. The van der Waals surface area contributed by atoms with E-state index in [1.807, 2.05) is 19.1 Å². The van der Waals surface area contributed by atoms with Gasteiger partial charge in [-0.3, -0.25) is 4.79 Å². The molecule has 0 saturated heterocycles. The Bertz CT molecular complexity index is 605. The van der Waals surface area contributed by atoms with Crippen molar-refractivity contribution in [3.63, 3.8) is 0 Å². The molecule has 2 heterocycles. The summed E-state index contributed by atoms with van der Waals surface area (Å²) in [6.45, 7) is 6.12. The zero-order valence-electron chi connectivity index (χ0n) is 11.2. The van der Waals surface area contributed by atoms with Crippen LogP contribution in [0.1, 0.15) is 35.5 Å². The third-order valence-electron chi connectivity index (χ3n) is 2.78. The molecular weight excluding hydrogens is 262 g/mol. The van der Waals surface area contributed by atoms with Crippen molar-refractivity contribution in [1.82, 2.24) is 14.8 Å². The van der Waals surface area contributed by atoms with Gasteiger partial charge < -0.3 is 0 Å². The van der Waals surface area contributed by atoms with Gasteiger partial charge in [-0.2, -0.15) is 5.10 Å². The summed E-state index contributed by atoms with van der Waals surface area (Å²) in [6.07, 6.45) is 3.18. The first-order valence-corrected chi connectivity index (χ1v) is 6.56. The van der Waals surface area contributed by atoms with E-state index in [1.54, 1.807) is 6.20 Å². The number of carbonyl (C=O) groups excluding carboxylic acids is 1. The fraction of sp³-hybridized carbons (Fsp3) is 0.357. The fourth-order valence-electron chi connectivity index (χ4n) is 1.89. The number of hydrogen-bond acceptors (Lipinski definition) is 3. The predicted molar refractivity (Wildman–Crippen MR) is 75.0 cm³/mol. The number of hydrogen-bond donors (Lipinski definition) is 0. The lowest BCUT2D eigenvalue weighted by Crippen LogP contribution is -2.02. The highest BCUT2D eigenvalue weighted by Crippen LogP contribution is 2.23. The van der Waals surface area contributed by atoms with E-state index >= 15 is 0 Å². The molecule has 100 valence electrons. The molecule has 19 heavy (non-hydrogen) atoms. The normalized spacial score (nSPS) is 11.0. The Balaban J connectivity index is 2.52. The largest absolute Gasteiger partial charge is 0.298 e. The molecule has 0 aliphatic heterocycles. The van der Waals surface area contributed by atoms with Crippen molar-refractivity contribution in [2.45, 2.75) is 27.2 Å². The fourth-order valence-corrected chi connectivity index (χ4v) is 2.17. The van der Waals surface area contributed by atoms with Crippen LogP contribution in [0.15, 0.2) is 18.3 Å². The van der Waals surface area contributed by atoms with E-state index in [2.05, 4.69) is 23.9 Å². The predicted octanol–water partition coefficient (Wildman–Crippen LogP) is 3.24. The lowest BCUT2D eigenvalue weighted by molar-refractivity contribution is 0.112. The van der Waals surface area contributed by atoms with Crippen molar-refractivity contribution in [2.24, 2.45) is 5.92 Å². The van der Waals surface area contributed by atoms with Gasteiger partial charge in [-0.25, -0.2) is 9.67 Å². The van der Waals surface area contributed by atoms with Crippen LogP contribution < -0.4 is 0 Å². The topological polar surface area (TPSA) is 47.8 Å². The first-order valence-electron chi connectivity index (χ1n) is 6.18. The van der Waals surface area contributed by atoms with Crippen molar-refractivity contribution < 1.29 is 4.79 Å². The number of aldehydes is 1. The molecule has 0 saturated carbocycles. The maximum Gasteiger partial charge on any atom is 0.155 e. The van der Waals surface area contributed by atoms with Crippen LogP contribution in [-0.4, -0.2) is 21.1 Å². The number of carbonyl (C=O) groups is 1. The summed E-state index contributed by atoms with van der Waals surface area (Å²) >= 11 is 6.23. The number of aryl methyl sites for hydroxylation is 1. The maximum absolute atomic E-state index is 11.2. The van der Waals surface area contributed by atoms with Crippen LogP contribution in [-0.2, 0) is 6.42 Å². The molecule has 0 amide bonds. The van der Waals surface area contributed by atoms with E-state index in [1.165, 1.54) is 4.68 Å². The van der Waals surface area contributed by atoms with Gasteiger partial charge in [0.15, 0.2) is 12.1 Å². The minimum absolute atomic E-state index is 0.323. The third kappa shape index (κ3) is 2.84. The zero-order chi connectivity index (χ0) is 14.0. The molecule has 2 aromatic rings. The second-order valence-electron chi connectivity index (χ2n) is 4.97. The van der Waals surface area contributed by atoms with E-state index < -0.39 is 0 Å². The molecule has 5 heteroatoms. The van der Waals surface area contributed by atoms with Crippen LogP contribution in [0.4, 0.5) is 0 Å². The highest BCUT2D eigenvalue weighted by molar-refractivity contribution is 6.32. The molecule has 2 rings (SSSR count). The Kier molecular flexibility index (Phi) is 4.00. The quantitative estimate of drug-likeness (QED) is 0.806. The number of rotatable bonds is 4. The van der Waals surface area contributed by atoms with Crippen LogP contribution in [0, 0.1) is 12.8 Å². The van der Waals surface area contributed by atoms with Crippen LogP contribution >= 0.6 is 11.6 Å². The molecular formula is C14H16ClN3O. The first kappa shape index (κ1) is 13.7. The van der Waals surface area contributed by atoms with Gasteiger partial charge in [0.25, 0.3) is 0 Å². The molecule has 0 atom stereocenters. The molecule has 0 fully saturated rings. The van der Waals surface area contributed by atoms with Gasteiger partial charge in [0, 0.05) is 6.20 Å². The molecule has 0 unspecified atom stereocenters. The lowest BCUT2D eigenvalue weighted by Gasteiger charge is -2.03. The van der Waals surface area contributed by atoms with Gasteiger partial charge >= 0.3 is 0 Å².